The van der Waals surface area contributed by atoms with Crippen LogP contribution in [-0.2, 0) is 4.79 Å². The number of carbonyl (C=O) groups is 1. The smallest absolute Gasteiger partial charge is 0.264 e. The Morgan fingerprint density at radius 1 is 1.07 bits per heavy atom. The van der Waals surface area contributed by atoms with Gasteiger partial charge in [0.1, 0.15) is 5.82 Å². The van der Waals surface area contributed by atoms with Gasteiger partial charge in [-0.2, -0.15) is 0 Å². The van der Waals surface area contributed by atoms with E-state index in [1.807, 2.05) is 58.0 Å². The summed E-state index contributed by atoms with van der Waals surface area (Å²) in [5.74, 6) is -0.422. The van der Waals surface area contributed by atoms with Crippen LogP contribution in [0.25, 0.3) is 11.8 Å². The Labute approximate surface area is 179 Å². The number of halogens is 1. The van der Waals surface area contributed by atoms with Gasteiger partial charge < -0.3 is 9.88 Å². The second kappa shape index (κ2) is 7.95. The van der Waals surface area contributed by atoms with Gasteiger partial charge in [0.25, 0.3) is 5.91 Å². The van der Waals surface area contributed by atoms with E-state index >= 15 is 0 Å². The second-order valence-electron chi connectivity index (χ2n) is 7.34. The fourth-order valence-electron chi connectivity index (χ4n) is 3.51. The first-order valence-corrected chi connectivity index (χ1v) is 10.5. The molecule has 2 aromatic carbocycles. The molecular weight excluding hydrogens is 397 g/mol. The van der Waals surface area contributed by atoms with E-state index < -0.39 is 0 Å². The largest absolute Gasteiger partial charge is 0.318 e. The molecule has 152 valence electrons. The minimum atomic E-state index is -0.266. The highest BCUT2D eigenvalue weighted by Crippen LogP contribution is 2.31. The summed E-state index contributed by atoms with van der Waals surface area (Å²) >= 11 is 1.34. The number of thioether (sulfide) groups is 1. The van der Waals surface area contributed by atoms with Gasteiger partial charge in [-0.1, -0.05) is 12.1 Å². The van der Waals surface area contributed by atoms with Crippen molar-refractivity contribution in [1.29, 1.82) is 0 Å². The normalized spacial score (nSPS) is 16.5. The van der Waals surface area contributed by atoms with Crippen molar-refractivity contribution in [3.63, 3.8) is 0 Å². The fraction of sp³-hybridized carbons (Fsp3) is 0.167. The van der Waals surface area contributed by atoms with Crippen LogP contribution in [0, 0.1) is 33.5 Å². The number of hydrogen-bond donors (Lipinski definition) is 1. The molecule has 1 aliphatic heterocycles. The third kappa shape index (κ3) is 3.83. The number of nitrogens with one attached hydrogen (secondary N) is 1. The summed E-state index contributed by atoms with van der Waals surface area (Å²) in [5.41, 5.74) is 6.95. The van der Waals surface area contributed by atoms with Crippen LogP contribution in [0.3, 0.4) is 0 Å². The lowest BCUT2D eigenvalue weighted by Crippen LogP contribution is -2.19. The van der Waals surface area contributed by atoms with Crippen LogP contribution < -0.4 is 5.32 Å². The van der Waals surface area contributed by atoms with Crippen molar-refractivity contribution in [3.05, 3.63) is 87.3 Å². The van der Waals surface area contributed by atoms with Gasteiger partial charge in [0.15, 0.2) is 5.17 Å². The number of benzene rings is 2. The number of nitrogens with zero attached hydrogens (tertiary/aromatic N) is 2. The maximum atomic E-state index is 13.3. The van der Waals surface area contributed by atoms with Crippen molar-refractivity contribution < 1.29 is 9.18 Å². The van der Waals surface area contributed by atoms with Crippen LogP contribution in [0.5, 0.6) is 0 Å². The lowest BCUT2D eigenvalue weighted by molar-refractivity contribution is -0.115. The predicted molar refractivity (Wildman–Crippen MR) is 122 cm³/mol. The summed E-state index contributed by atoms with van der Waals surface area (Å²) in [5, 5.41) is 3.43. The Balaban J connectivity index is 1.65. The molecular formula is C24H22FN3OS. The molecule has 3 aromatic rings. The summed E-state index contributed by atoms with van der Waals surface area (Å²) in [4.78, 5) is 17.7. The fourth-order valence-corrected chi connectivity index (χ4v) is 4.33. The highest BCUT2D eigenvalue weighted by atomic mass is 32.2. The zero-order valence-electron chi connectivity index (χ0n) is 17.3. The quantitative estimate of drug-likeness (QED) is 0.550. The summed E-state index contributed by atoms with van der Waals surface area (Å²) in [6, 6.07) is 14.4. The molecule has 6 heteroatoms. The number of rotatable bonds is 3. The van der Waals surface area contributed by atoms with Crippen molar-refractivity contribution >= 4 is 34.6 Å². The molecule has 2 heterocycles. The van der Waals surface area contributed by atoms with Crippen LogP contribution >= 0.6 is 11.8 Å². The molecule has 30 heavy (non-hydrogen) atoms. The van der Waals surface area contributed by atoms with E-state index in [1.165, 1.54) is 23.9 Å². The summed E-state index contributed by atoms with van der Waals surface area (Å²) in [6.45, 7) is 8.05. The lowest BCUT2D eigenvalue weighted by atomic mass is 10.1. The molecule has 1 fully saturated rings. The Hall–Kier alpha value is -3.12. The average molecular weight is 420 g/mol. The summed E-state index contributed by atoms with van der Waals surface area (Å²) in [7, 11) is 0. The molecule has 1 saturated heterocycles. The van der Waals surface area contributed by atoms with E-state index in [9.17, 15) is 9.18 Å². The van der Waals surface area contributed by atoms with E-state index in [-0.39, 0.29) is 11.7 Å². The molecule has 4 nitrogen and oxygen atoms in total. The maximum absolute atomic E-state index is 13.3. The van der Waals surface area contributed by atoms with E-state index in [0.29, 0.717) is 10.1 Å². The van der Waals surface area contributed by atoms with Gasteiger partial charge in [0.2, 0.25) is 0 Å². The van der Waals surface area contributed by atoms with Crippen molar-refractivity contribution in [1.82, 2.24) is 9.88 Å². The van der Waals surface area contributed by atoms with Gasteiger partial charge in [-0.05, 0) is 98.6 Å². The van der Waals surface area contributed by atoms with E-state index in [4.69, 9.17) is 0 Å². The van der Waals surface area contributed by atoms with Gasteiger partial charge in [-0.25, -0.2) is 9.38 Å². The van der Waals surface area contributed by atoms with Crippen molar-refractivity contribution in [3.8, 4) is 5.69 Å². The summed E-state index contributed by atoms with van der Waals surface area (Å²) in [6.07, 6.45) is 1.88. The number of hydrogen-bond acceptors (Lipinski definition) is 3. The monoisotopic (exact) mass is 419 g/mol. The maximum Gasteiger partial charge on any atom is 0.264 e. The second-order valence-corrected chi connectivity index (χ2v) is 8.37. The zero-order valence-corrected chi connectivity index (χ0v) is 18.1. The number of aryl methyl sites for hydroxylation is 2. The first-order chi connectivity index (χ1) is 14.3. The Morgan fingerprint density at radius 3 is 2.53 bits per heavy atom. The highest BCUT2D eigenvalue weighted by Gasteiger charge is 2.25. The molecule has 1 amide bonds. The lowest BCUT2D eigenvalue weighted by Gasteiger charge is -2.09. The molecule has 0 aliphatic carbocycles. The summed E-state index contributed by atoms with van der Waals surface area (Å²) < 4.78 is 15.3. The Bertz CT molecular complexity index is 1210. The van der Waals surface area contributed by atoms with E-state index in [1.54, 1.807) is 12.1 Å². The topological polar surface area (TPSA) is 46.4 Å². The molecule has 4 rings (SSSR count). The highest BCUT2D eigenvalue weighted by molar-refractivity contribution is 8.18. The molecule has 0 saturated carbocycles. The SMILES string of the molecule is Cc1cccc(N=C2NC(=O)/C(=C/c3cc(C)n(-c4ccc(F)cc4)c3C)S2)c1C. The molecule has 0 atom stereocenters. The van der Waals surface area contributed by atoms with E-state index in [0.717, 1.165) is 39.5 Å². The van der Waals surface area contributed by atoms with E-state index in [2.05, 4.69) is 14.9 Å². The molecule has 0 bridgehead atoms. The minimum Gasteiger partial charge on any atom is -0.318 e. The van der Waals surface area contributed by atoms with Crippen LogP contribution in [-0.4, -0.2) is 15.6 Å². The van der Waals surface area contributed by atoms with Crippen LogP contribution in [0.15, 0.2) is 58.4 Å². The Morgan fingerprint density at radius 2 is 1.80 bits per heavy atom. The predicted octanol–water partition coefficient (Wildman–Crippen LogP) is 5.74. The van der Waals surface area contributed by atoms with Gasteiger partial charge in [-0.15, -0.1) is 0 Å². The molecule has 0 radical (unpaired) electrons. The zero-order chi connectivity index (χ0) is 21.4. The molecule has 1 aromatic heterocycles. The number of aromatic nitrogens is 1. The van der Waals surface area contributed by atoms with Crippen molar-refractivity contribution in [2.45, 2.75) is 27.7 Å². The van der Waals surface area contributed by atoms with Gasteiger partial charge >= 0.3 is 0 Å². The number of amidine groups is 1. The standard InChI is InChI=1S/C24H22FN3OS/c1-14-6-5-7-21(16(14)3)26-24-27-23(29)22(30-24)13-18-12-15(2)28(17(18)4)20-10-8-19(25)9-11-20/h5-13H,1-4H3,(H,26,27,29)/b22-13-. The number of aliphatic imine (C=N–C) groups is 1. The first kappa shape index (κ1) is 20.2. The molecule has 1 N–H and O–H groups in total. The van der Waals surface area contributed by atoms with Gasteiger partial charge in [0, 0.05) is 17.1 Å². The molecule has 0 unspecified atom stereocenters. The molecule has 1 aliphatic rings. The van der Waals surface area contributed by atoms with Crippen LogP contribution in [0.4, 0.5) is 10.1 Å². The molecule has 0 spiro atoms. The van der Waals surface area contributed by atoms with Crippen LogP contribution in [0.1, 0.15) is 28.1 Å². The average Bonchev–Trinajstić information content (AvgIpc) is 3.19. The number of carbonyl (C=O) groups excluding carboxylic acids is 1. The van der Waals surface area contributed by atoms with Crippen LogP contribution in [0.2, 0.25) is 0 Å². The Kier molecular flexibility index (Phi) is 5.35. The third-order valence-corrected chi connectivity index (χ3v) is 6.20. The number of amides is 1. The van der Waals surface area contributed by atoms with Crippen molar-refractivity contribution in [2.75, 3.05) is 0 Å². The minimum absolute atomic E-state index is 0.157. The van der Waals surface area contributed by atoms with Gasteiger partial charge in [0.05, 0.1) is 10.6 Å². The third-order valence-electron chi connectivity index (χ3n) is 5.29. The van der Waals surface area contributed by atoms with Crippen molar-refractivity contribution in [2.24, 2.45) is 4.99 Å². The van der Waals surface area contributed by atoms with Gasteiger partial charge in [-0.3, -0.25) is 4.79 Å². The first-order valence-electron chi connectivity index (χ1n) is 9.64.